The zero-order chi connectivity index (χ0) is 20.5. The number of benzene rings is 2. The number of para-hydroxylation sites is 1. The molecular weight excluding hydrogens is 392 g/mol. The van der Waals surface area contributed by atoms with Crippen molar-refractivity contribution in [3.05, 3.63) is 71.5 Å². The molecule has 0 N–H and O–H groups in total. The van der Waals surface area contributed by atoms with Gasteiger partial charge >= 0.3 is 0 Å². The smallest absolute Gasteiger partial charge is 0.233 e. The molecule has 1 aromatic heterocycles. The molecule has 2 aromatic carbocycles. The molecule has 1 amide bonds. The van der Waals surface area contributed by atoms with Gasteiger partial charge < -0.3 is 4.90 Å². The summed E-state index contributed by atoms with van der Waals surface area (Å²) in [7, 11) is 1.93. The van der Waals surface area contributed by atoms with Crippen LogP contribution in [0.2, 0.25) is 0 Å². The maximum Gasteiger partial charge on any atom is 0.233 e. The quantitative estimate of drug-likeness (QED) is 0.541. The Bertz CT molecular complexity index is 1040. The molecule has 2 aliphatic rings. The van der Waals surface area contributed by atoms with Crippen molar-refractivity contribution in [2.75, 3.05) is 12.8 Å². The lowest BCUT2D eigenvalue weighted by Crippen LogP contribution is -2.34. The number of thioether (sulfide) groups is 1. The Balaban J connectivity index is 1.29. The summed E-state index contributed by atoms with van der Waals surface area (Å²) in [6, 6.07) is 18.8. The van der Waals surface area contributed by atoms with Crippen LogP contribution in [0, 0.1) is 0 Å². The second-order valence-electron chi connectivity index (χ2n) is 8.17. The molecule has 0 bridgehead atoms. The number of rotatable bonds is 6. The number of nitrogens with zero attached hydrogens (tertiary/aromatic N) is 4. The average molecular weight is 419 g/mol. The minimum Gasteiger partial charge on any atom is -0.338 e. The van der Waals surface area contributed by atoms with Crippen molar-refractivity contribution in [1.82, 2.24) is 19.7 Å². The molecule has 0 spiro atoms. The second-order valence-corrected chi connectivity index (χ2v) is 9.12. The summed E-state index contributed by atoms with van der Waals surface area (Å²) in [5.41, 5.74) is 3.70. The maximum absolute atomic E-state index is 13.0. The molecule has 1 saturated carbocycles. The summed E-state index contributed by atoms with van der Waals surface area (Å²) >= 11 is 1.44. The molecule has 30 heavy (non-hydrogen) atoms. The van der Waals surface area contributed by atoms with Crippen LogP contribution in [0.3, 0.4) is 0 Å². The van der Waals surface area contributed by atoms with Gasteiger partial charge in [0.25, 0.3) is 0 Å². The van der Waals surface area contributed by atoms with Gasteiger partial charge in [-0.3, -0.25) is 4.79 Å². The van der Waals surface area contributed by atoms with Gasteiger partial charge in [0.1, 0.15) is 5.82 Å². The first kappa shape index (κ1) is 19.4. The van der Waals surface area contributed by atoms with Crippen molar-refractivity contribution in [2.24, 2.45) is 0 Å². The van der Waals surface area contributed by atoms with E-state index < -0.39 is 0 Å². The predicted octanol–water partition coefficient (Wildman–Crippen LogP) is 4.77. The third-order valence-electron chi connectivity index (χ3n) is 6.08. The number of amides is 1. The van der Waals surface area contributed by atoms with E-state index in [0.717, 1.165) is 30.8 Å². The minimum absolute atomic E-state index is 0.130. The standard InChI is InChI=1S/C24H26N4OS/c1-27(21-13-7-9-17-8-5-6-12-20(17)21)22(29)16-30-24-25-23(18-14-15-18)28(26-24)19-10-3-2-4-11-19/h2-6,8,10-12,18,21H,7,9,13-16H2,1H3/t21-/m1/s1. The van der Waals surface area contributed by atoms with Crippen LogP contribution in [0.1, 0.15) is 54.6 Å². The molecule has 1 atom stereocenters. The lowest BCUT2D eigenvalue weighted by Gasteiger charge is -2.33. The van der Waals surface area contributed by atoms with Gasteiger partial charge in [-0.15, -0.1) is 5.10 Å². The highest BCUT2D eigenvalue weighted by Gasteiger charge is 2.31. The molecule has 1 fully saturated rings. The van der Waals surface area contributed by atoms with Gasteiger partial charge in [-0.25, -0.2) is 9.67 Å². The molecule has 0 aliphatic heterocycles. The molecule has 3 aromatic rings. The van der Waals surface area contributed by atoms with Gasteiger partial charge in [-0.2, -0.15) is 0 Å². The molecule has 6 heteroatoms. The third-order valence-corrected chi connectivity index (χ3v) is 6.90. The zero-order valence-corrected chi connectivity index (χ0v) is 18.0. The molecule has 0 radical (unpaired) electrons. The van der Waals surface area contributed by atoms with E-state index in [2.05, 4.69) is 36.4 Å². The Morgan fingerprint density at radius 1 is 1.10 bits per heavy atom. The van der Waals surface area contributed by atoms with E-state index >= 15 is 0 Å². The fourth-order valence-corrected chi connectivity index (χ4v) is 5.02. The van der Waals surface area contributed by atoms with Crippen LogP contribution in [0.15, 0.2) is 59.8 Å². The Hall–Kier alpha value is -2.60. The first-order valence-corrected chi connectivity index (χ1v) is 11.7. The van der Waals surface area contributed by atoms with Crippen molar-refractivity contribution < 1.29 is 4.79 Å². The maximum atomic E-state index is 13.0. The van der Waals surface area contributed by atoms with Crippen LogP contribution in [-0.2, 0) is 11.2 Å². The summed E-state index contributed by atoms with van der Waals surface area (Å²) in [5.74, 6) is 2.00. The minimum atomic E-state index is 0.130. The van der Waals surface area contributed by atoms with E-state index in [-0.39, 0.29) is 11.9 Å². The summed E-state index contributed by atoms with van der Waals surface area (Å²) in [4.78, 5) is 19.7. The van der Waals surface area contributed by atoms with E-state index in [1.807, 2.05) is 34.8 Å². The summed E-state index contributed by atoms with van der Waals surface area (Å²) < 4.78 is 1.95. The molecule has 0 unspecified atom stereocenters. The number of aryl methyl sites for hydroxylation is 1. The van der Waals surface area contributed by atoms with Gasteiger partial charge in [0.2, 0.25) is 11.1 Å². The van der Waals surface area contributed by atoms with Crippen LogP contribution in [0.5, 0.6) is 0 Å². The second kappa shape index (κ2) is 8.26. The first-order valence-electron chi connectivity index (χ1n) is 10.7. The Morgan fingerprint density at radius 3 is 2.67 bits per heavy atom. The van der Waals surface area contributed by atoms with Crippen molar-refractivity contribution in [1.29, 1.82) is 0 Å². The van der Waals surface area contributed by atoms with Gasteiger partial charge in [0.05, 0.1) is 17.5 Å². The molecule has 2 aliphatic carbocycles. The highest BCUT2D eigenvalue weighted by atomic mass is 32.2. The van der Waals surface area contributed by atoms with Crippen molar-refractivity contribution in [2.45, 2.75) is 49.2 Å². The average Bonchev–Trinajstić information content (AvgIpc) is 3.56. The van der Waals surface area contributed by atoms with Crippen LogP contribution < -0.4 is 0 Å². The Labute approximate surface area is 181 Å². The molecule has 154 valence electrons. The van der Waals surface area contributed by atoms with E-state index in [1.165, 1.54) is 35.7 Å². The number of hydrogen-bond acceptors (Lipinski definition) is 4. The first-order chi connectivity index (χ1) is 14.7. The largest absolute Gasteiger partial charge is 0.338 e. The van der Waals surface area contributed by atoms with Crippen LogP contribution in [-0.4, -0.2) is 38.4 Å². The van der Waals surface area contributed by atoms with E-state index in [1.54, 1.807) is 0 Å². The van der Waals surface area contributed by atoms with Crippen LogP contribution in [0.25, 0.3) is 5.69 Å². The molecule has 0 saturated heterocycles. The van der Waals surface area contributed by atoms with E-state index in [0.29, 0.717) is 16.8 Å². The van der Waals surface area contributed by atoms with Crippen molar-refractivity contribution in [3.8, 4) is 5.69 Å². The number of fused-ring (bicyclic) bond motifs is 1. The predicted molar refractivity (Wildman–Crippen MR) is 119 cm³/mol. The Kier molecular flexibility index (Phi) is 5.34. The van der Waals surface area contributed by atoms with E-state index in [4.69, 9.17) is 10.1 Å². The molecule has 5 rings (SSSR count). The molecular formula is C24H26N4OS. The van der Waals surface area contributed by atoms with Gasteiger partial charge in [-0.1, -0.05) is 54.2 Å². The third kappa shape index (κ3) is 3.88. The lowest BCUT2D eigenvalue weighted by molar-refractivity contribution is -0.129. The fourth-order valence-electron chi connectivity index (χ4n) is 4.26. The monoisotopic (exact) mass is 418 g/mol. The fraction of sp³-hybridized carbons (Fsp3) is 0.375. The lowest BCUT2D eigenvalue weighted by atomic mass is 9.87. The summed E-state index contributed by atoms with van der Waals surface area (Å²) in [5, 5.41) is 5.41. The van der Waals surface area contributed by atoms with Crippen LogP contribution >= 0.6 is 11.8 Å². The van der Waals surface area contributed by atoms with Gasteiger partial charge in [0.15, 0.2) is 0 Å². The van der Waals surface area contributed by atoms with Crippen LogP contribution in [0.4, 0.5) is 0 Å². The van der Waals surface area contributed by atoms with E-state index in [9.17, 15) is 4.79 Å². The zero-order valence-electron chi connectivity index (χ0n) is 17.2. The highest BCUT2D eigenvalue weighted by molar-refractivity contribution is 7.99. The Morgan fingerprint density at radius 2 is 1.87 bits per heavy atom. The number of carbonyl (C=O) groups is 1. The SMILES string of the molecule is CN(C(=O)CSc1nc(C2CC2)n(-c2ccccc2)n1)[C@@H]1CCCc2ccccc21. The molecule has 1 heterocycles. The highest BCUT2D eigenvalue weighted by Crippen LogP contribution is 2.40. The normalized spacial score (nSPS) is 18.1. The van der Waals surface area contributed by atoms with Crippen molar-refractivity contribution in [3.63, 3.8) is 0 Å². The topological polar surface area (TPSA) is 51.0 Å². The number of carbonyl (C=O) groups excluding carboxylic acids is 1. The summed E-state index contributed by atoms with van der Waals surface area (Å²) in [6.07, 6.45) is 5.59. The van der Waals surface area contributed by atoms with Gasteiger partial charge in [-0.05, 0) is 55.4 Å². The summed E-state index contributed by atoms with van der Waals surface area (Å²) in [6.45, 7) is 0. The van der Waals surface area contributed by atoms with Gasteiger partial charge in [0, 0.05) is 13.0 Å². The number of hydrogen-bond donors (Lipinski definition) is 0. The molecule has 5 nitrogen and oxygen atoms in total. The number of aromatic nitrogens is 3. The van der Waals surface area contributed by atoms with Crippen molar-refractivity contribution >= 4 is 17.7 Å².